The lowest BCUT2D eigenvalue weighted by Crippen LogP contribution is -2.17. The molecule has 0 aromatic heterocycles. The van der Waals surface area contributed by atoms with E-state index in [0.29, 0.717) is 0 Å². The summed E-state index contributed by atoms with van der Waals surface area (Å²) in [7, 11) is 0. The number of benzene rings is 7. The summed E-state index contributed by atoms with van der Waals surface area (Å²) in [5.74, 6) is 0. The highest BCUT2D eigenvalue weighted by atomic mass is 79.9. The third kappa shape index (κ3) is 2.85. The Bertz CT molecular complexity index is 2320. The van der Waals surface area contributed by atoms with E-state index in [1.54, 1.807) is 0 Å². The quantitative estimate of drug-likeness (QED) is 0.154. The molecule has 7 aromatic rings. The zero-order valence-corrected chi connectivity index (χ0v) is 25.3. The number of hydrogen-bond donors (Lipinski definition) is 0. The monoisotopic (exact) mass is 588 g/mol. The number of rotatable bonds is 0. The third-order valence-corrected chi connectivity index (χ3v) is 10.9. The van der Waals surface area contributed by atoms with Gasteiger partial charge >= 0.3 is 0 Å². The van der Waals surface area contributed by atoms with Crippen LogP contribution in [0.2, 0.25) is 0 Å². The smallest absolute Gasteiger partial charge is 0.0257 e. The third-order valence-electron chi connectivity index (χ3n) is 10.3. The number of fused-ring (bicyclic) bond motifs is 14. The van der Waals surface area contributed by atoms with E-state index in [1.807, 2.05) is 0 Å². The Kier molecular flexibility index (Phi) is 4.44. The lowest BCUT2D eigenvalue weighted by Gasteiger charge is -2.24. The summed E-state index contributed by atoms with van der Waals surface area (Å²) in [5, 5.41) is 10.7. The summed E-state index contributed by atoms with van der Waals surface area (Å²) in [6.45, 7) is 9.62. The Labute approximate surface area is 248 Å². The van der Waals surface area contributed by atoms with E-state index in [2.05, 4.69) is 147 Å². The van der Waals surface area contributed by atoms with Crippen LogP contribution >= 0.6 is 15.9 Å². The molecule has 0 spiro atoms. The van der Waals surface area contributed by atoms with Gasteiger partial charge in [-0.3, -0.25) is 0 Å². The number of hydrogen-bond acceptors (Lipinski definition) is 0. The van der Waals surface area contributed by atoms with Gasteiger partial charge in [0.25, 0.3) is 0 Å². The van der Waals surface area contributed by atoms with Crippen molar-refractivity contribution in [3.8, 4) is 22.3 Å². The average molecular weight is 590 g/mol. The lowest BCUT2D eigenvalue weighted by atomic mass is 9.79. The molecule has 0 bridgehead atoms. The van der Waals surface area contributed by atoms with Crippen LogP contribution in [-0.2, 0) is 10.8 Å². The summed E-state index contributed by atoms with van der Waals surface area (Å²) in [4.78, 5) is 0. The standard InChI is InChI=1S/C40H29Br/c1-39(2)33-18-29-25-14-8-6-12-23(25)22-11-5-7-13-24(22)28(29)17-30(33)31-19-35-32(20-34(31)39)38-27-16-10-9-15-26(27)37(41)21-36(38)40(35,3)4/h5-21H,1-4H3. The van der Waals surface area contributed by atoms with Crippen LogP contribution in [0.1, 0.15) is 49.9 Å². The Balaban J connectivity index is 1.39. The summed E-state index contributed by atoms with van der Waals surface area (Å²) in [5.41, 5.74) is 11.1. The van der Waals surface area contributed by atoms with Crippen LogP contribution in [0.4, 0.5) is 0 Å². The molecule has 196 valence electrons. The molecule has 0 amide bonds. The van der Waals surface area contributed by atoms with Crippen molar-refractivity contribution in [1.29, 1.82) is 0 Å². The Morgan fingerprint density at radius 3 is 1.44 bits per heavy atom. The van der Waals surface area contributed by atoms with Crippen molar-refractivity contribution in [2.75, 3.05) is 0 Å². The van der Waals surface area contributed by atoms with Crippen LogP contribution in [-0.4, -0.2) is 0 Å². The molecule has 9 rings (SSSR count). The van der Waals surface area contributed by atoms with Crippen LogP contribution < -0.4 is 0 Å². The van der Waals surface area contributed by atoms with Gasteiger partial charge in [-0.25, -0.2) is 0 Å². The van der Waals surface area contributed by atoms with Crippen molar-refractivity contribution < 1.29 is 0 Å². The Morgan fingerprint density at radius 2 is 0.805 bits per heavy atom. The molecule has 0 fully saturated rings. The average Bonchev–Trinajstić information content (AvgIpc) is 3.34. The predicted octanol–water partition coefficient (Wildman–Crippen LogP) is 11.7. The van der Waals surface area contributed by atoms with Crippen LogP contribution in [0.15, 0.2) is 108 Å². The minimum Gasteiger partial charge on any atom is -0.0616 e. The summed E-state index contributed by atoms with van der Waals surface area (Å²) >= 11 is 3.90. The van der Waals surface area contributed by atoms with E-state index < -0.39 is 0 Å². The van der Waals surface area contributed by atoms with Crippen LogP contribution in [0, 0.1) is 0 Å². The molecule has 1 heteroatoms. The van der Waals surface area contributed by atoms with E-state index in [-0.39, 0.29) is 10.8 Å². The lowest BCUT2D eigenvalue weighted by molar-refractivity contribution is 0.652. The zero-order chi connectivity index (χ0) is 27.8. The van der Waals surface area contributed by atoms with Crippen molar-refractivity contribution in [1.82, 2.24) is 0 Å². The van der Waals surface area contributed by atoms with Gasteiger partial charge in [0, 0.05) is 15.3 Å². The van der Waals surface area contributed by atoms with Gasteiger partial charge in [0.2, 0.25) is 0 Å². The summed E-state index contributed by atoms with van der Waals surface area (Å²) < 4.78 is 1.18. The molecule has 0 heterocycles. The van der Waals surface area contributed by atoms with Gasteiger partial charge < -0.3 is 0 Å². The van der Waals surface area contributed by atoms with Gasteiger partial charge in [0.1, 0.15) is 0 Å². The summed E-state index contributed by atoms with van der Waals surface area (Å²) in [6, 6.07) is 39.1. The van der Waals surface area contributed by atoms with E-state index >= 15 is 0 Å². The maximum absolute atomic E-state index is 3.90. The molecule has 0 N–H and O–H groups in total. The second kappa shape index (κ2) is 7.66. The van der Waals surface area contributed by atoms with Crippen molar-refractivity contribution in [3.63, 3.8) is 0 Å². The molecular formula is C40H29Br. The van der Waals surface area contributed by atoms with Crippen molar-refractivity contribution >= 4 is 59.0 Å². The first-order valence-electron chi connectivity index (χ1n) is 14.6. The van der Waals surface area contributed by atoms with Crippen molar-refractivity contribution in [2.24, 2.45) is 0 Å². The van der Waals surface area contributed by atoms with Crippen LogP contribution in [0.25, 0.3) is 65.3 Å². The Morgan fingerprint density at radius 1 is 0.390 bits per heavy atom. The highest BCUT2D eigenvalue weighted by molar-refractivity contribution is 9.10. The van der Waals surface area contributed by atoms with Gasteiger partial charge in [0.15, 0.2) is 0 Å². The SMILES string of the molecule is CC1(C)c2cc3c(cc2-c2cc4c5ccccc5c5ccccc5c4cc21)C(C)(C)c1cc(Br)c2ccccc2c1-3. The second-order valence-corrected chi connectivity index (χ2v) is 13.9. The second-order valence-electron chi connectivity index (χ2n) is 13.1. The maximum Gasteiger partial charge on any atom is 0.0257 e. The van der Waals surface area contributed by atoms with Gasteiger partial charge in [-0.2, -0.15) is 0 Å². The minimum atomic E-state index is -0.0985. The molecule has 0 atom stereocenters. The van der Waals surface area contributed by atoms with Gasteiger partial charge in [-0.15, -0.1) is 0 Å². The summed E-state index contributed by atoms with van der Waals surface area (Å²) in [6.07, 6.45) is 0. The maximum atomic E-state index is 3.90. The van der Waals surface area contributed by atoms with Crippen LogP contribution in [0.5, 0.6) is 0 Å². The van der Waals surface area contributed by atoms with Gasteiger partial charge in [-0.05, 0) is 118 Å². The van der Waals surface area contributed by atoms with Crippen LogP contribution in [0.3, 0.4) is 0 Å². The highest BCUT2D eigenvalue weighted by Crippen LogP contribution is 2.58. The molecule has 0 saturated heterocycles. The fourth-order valence-electron chi connectivity index (χ4n) is 8.16. The largest absolute Gasteiger partial charge is 0.0616 e. The molecule has 0 unspecified atom stereocenters. The molecule has 0 radical (unpaired) electrons. The molecule has 2 aliphatic rings. The van der Waals surface area contributed by atoms with Crippen molar-refractivity contribution in [3.05, 3.63) is 130 Å². The molecular weight excluding hydrogens is 560 g/mol. The fraction of sp³-hybridized carbons (Fsp3) is 0.150. The first-order valence-corrected chi connectivity index (χ1v) is 15.4. The van der Waals surface area contributed by atoms with Gasteiger partial charge in [0.05, 0.1) is 0 Å². The zero-order valence-electron chi connectivity index (χ0n) is 23.7. The minimum absolute atomic E-state index is 0.0844. The molecule has 0 nitrogen and oxygen atoms in total. The molecule has 41 heavy (non-hydrogen) atoms. The fourth-order valence-corrected chi connectivity index (χ4v) is 8.73. The van der Waals surface area contributed by atoms with Gasteiger partial charge in [-0.1, -0.05) is 116 Å². The first kappa shape index (κ1) is 23.7. The predicted molar refractivity (Wildman–Crippen MR) is 179 cm³/mol. The highest BCUT2D eigenvalue weighted by Gasteiger charge is 2.42. The van der Waals surface area contributed by atoms with E-state index in [4.69, 9.17) is 0 Å². The van der Waals surface area contributed by atoms with E-state index in [9.17, 15) is 0 Å². The van der Waals surface area contributed by atoms with Crippen molar-refractivity contribution in [2.45, 2.75) is 38.5 Å². The molecule has 7 aromatic carbocycles. The van der Waals surface area contributed by atoms with E-state index in [1.165, 1.54) is 92.1 Å². The molecule has 2 aliphatic carbocycles. The topological polar surface area (TPSA) is 0 Å². The number of halogens is 1. The normalized spacial score (nSPS) is 15.8. The molecule has 0 aliphatic heterocycles. The Hall–Kier alpha value is -3.94. The van der Waals surface area contributed by atoms with E-state index in [0.717, 1.165) is 0 Å². The molecule has 0 saturated carbocycles. The first-order chi connectivity index (χ1) is 19.8.